The summed E-state index contributed by atoms with van der Waals surface area (Å²) in [7, 11) is 0. The van der Waals surface area contributed by atoms with Crippen molar-refractivity contribution in [1.82, 2.24) is 9.78 Å². The summed E-state index contributed by atoms with van der Waals surface area (Å²) in [5.74, 6) is 0.275. The second kappa shape index (κ2) is 4.80. The highest BCUT2D eigenvalue weighted by molar-refractivity contribution is 5.75. The summed E-state index contributed by atoms with van der Waals surface area (Å²) in [5, 5.41) is 4.16. The predicted molar refractivity (Wildman–Crippen MR) is 51.5 cm³/mol. The zero-order chi connectivity index (χ0) is 9.68. The van der Waals surface area contributed by atoms with Crippen molar-refractivity contribution < 1.29 is 4.79 Å². The molecule has 1 rings (SSSR count). The van der Waals surface area contributed by atoms with E-state index in [0.717, 1.165) is 19.4 Å². The molecule has 1 aromatic rings. The van der Waals surface area contributed by atoms with Crippen LogP contribution in [0.5, 0.6) is 0 Å². The first-order valence-corrected chi connectivity index (χ1v) is 4.67. The van der Waals surface area contributed by atoms with Gasteiger partial charge in [0.1, 0.15) is 5.78 Å². The maximum Gasteiger partial charge on any atom is 0.129 e. The summed E-state index contributed by atoms with van der Waals surface area (Å²) < 4.78 is 1.93. The number of hydrogen-bond acceptors (Lipinski definition) is 2. The Bertz CT molecular complexity index is 278. The monoisotopic (exact) mass is 180 g/mol. The van der Waals surface area contributed by atoms with E-state index in [1.807, 2.05) is 24.0 Å². The minimum absolute atomic E-state index is 0.275. The molecule has 0 aliphatic rings. The summed E-state index contributed by atoms with van der Waals surface area (Å²) in [5.41, 5.74) is 1.19. The third-order valence-corrected chi connectivity index (χ3v) is 1.93. The molecule has 0 fully saturated rings. The summed E-state index contributed by atoms with van der Waals surface area (Å²) in [4.78, 5) is 10.6. The van der Waals surface area contributed by atoms with Crippen molar-refractivity contribution in [3.8, 4) is 0 Å². The molecule has 0 N–H and O–H groups in total. The van der Waals surface area contributed by atoms with Gasteiger partial charge >= 0.3 is 0 Å². The fourth-order valence-corrected chi connectivity index (χ4v) is 1.24. The second-order valence-electron chi connectivity index (χ2n) is 3.44. The van der Waals surface area contributed by atoms with Gasteiger partial charge in [-0.1, -0.05) is 0 Å². The Morgan fingerprint density at radius 3 is 2.85 bits per heavy atom. The molecule has 0 saturated heterocycles. The summed E-state index contributed by atoms with van der Waals surface area (Å²) in [6.07, 6.45) is 6.56. The Morgan fingerprint density at radius 2 is 2.31 bits per heavy atom. The van der Waals surface area contributed by atoms with Crippen molar-refractivity contribution in [1.29, 1.82) is 0 Å². The van der Waals surface area contributed by atoms with Crippen molar-refractivity contribution in [3.05, 3.63) is 18.0 Å². The molecule has 3 heteroatoms. The third kappa shape index (κ3) is 3.87. The van der Waals surface area contributed by atoms with Crippen LogP contribution < -0.4 is 0 Å². The molecule has 0 bridgehead atoms. The van der Waals surface area contributed by atoms with Crippen LogP contribution in [0.15, 0.2) is 12.4 Å². The summed E-state index contributed by atoms with van der Waals surface area (Å²) in [6, 6.07) is 0. The molecule has 0 aromatic carbocycles. The van der Waals surface area contributed by atoms with Crippen molar-refractivity contribution in [2.75, 3.05) is 0 Å². The number of rotatable bonds is 5. The van der Waals surface area contributed by atoms with Crippen LogP contribution in [0, 0.1) is 6.92 Å². The van der Waals surface area contributed by atoms with Gasteiger partial charge in [0.05, 0.1) is 6.20 Å². The van der Waals surface area contributed by atoms with Gasteiger partial charge in [-0.25, -0.2) is 0 Å². The average molecular weight is 180 g/mol. The lowest BCUT2D eigenvalue weighted by molar-refractivity contribution is -0.117. The van der Waals surface area contributed by atoms with Crippen LogP contribution in [0.1, 0.15) is 31.7 Å². The molecular weight excluding hydrogens is 164 g/mol. The number of unbranched alkanes of at least 4 members (excludes halogenated alkanes) is 1. The van der Waals surface area contributed by atoms with E-state index in [1.165, 1.54) is 5.56 Å². The molecule has 0 amide bonds. The largest absolute Gasteiger partial charge is 0.300 e. The van der Waals surface area contributed by atoms with Gasteiger partial charge in [-0.2, -0.15) is 5.10 Å². The van der Waals surface area contributed by atoms with Crippen molar-refractivity contribution >= 4 is 5.78 Å². The van der Waals surface area contributed by atoms with Gasteiger partial charge in [0.25, 0.3) is 0 Å². The highest BCUT2D eigenvalue weighted by Gasteiger charge is 1.96. The third-order valence-electron chi connectivity index (χ3n) is 1.93. The molecule has 3 nitrogen and oxygen atoms in total. The zero-order valence-corrected chi connectivity index (χ0v) is 8.29. The van der Waals surface area contributed by atoms with Crippen LogP contribution in [-0.4, -0.2) is 15.6 Å². The van der Waals surface area contributed by atoms with Gasteiger partial charge in [0.15, 0.2) is 0 Å². The minimum Gasteiger partial charge on any atom is -0.300 e. The van der Waals surface area contributed by atoms with E-state index in [4.69, 9.17) is 0 Å². The van der Waals surface area contributed by atoms with Crippen LogP contribution in [0.25, 0.3) is 0 Å². The topological polar surface area (TPSA) is 34.9 Å². The number of carbonyl (C=O) groups is 1. The van der Waals surface area contributed by atoms with Crippen molar-refractivity contribution in [2.24, 2.45) is 0 Å². The lowest BCUT2D eigenvalue weighted by Gasteiger charge is -1.99. The predicted octanol–water partition coefficient (Wildman–Crippen LogP) is 1.95. The molecule has 0 aliphatic heterocycles. The molecule has 13 heavy (non-hydrogen) atoms. The highest BCUT2D eigenvalue weighted by Crippen LogP contribution is 2.00. The Hall–Kier alpha value is -1.12. The number of aromatic nitrogens is 2. The number of Topliss-reactive ketones (excluding diaryl/α,β-unsaturated/α-hetero) is 1. The van der Waals surface area contributed by atoms with Gasteiger partial charge in [-0.3, -0.25) is 4.68 Å². The first-order valence-electron chi connectivity index (χ1n) is 4.67. The molecule has 0 aliphatic carbocycles. The van der Waals surface area contributed by atoms with Crippen LogP contribution in [-0.2, 0) is 11.3 Å². The lowest BCUT2D eigenvalue weighted by Crippen LogP contribution is -1.99. The van der Waals surface area contributed by atoms with E-state index >= 15 is 0 Å². The van der Waals surface area contributed by atoms with Crippen LogP contribution >= 0.6 is 0 Å². The van der Waals surface area contributed by atoms with Crippen LogP contribution in [0.4, 0.5) is 0 Å². The SMILES string of the molecule is CC(=O)CCCCn1cc(C)cn1. The molecule has 0 unspecified atom stereocenters. The first-order chi connectivity index (χ1) is 6.18. The van der Waals surface area contributed by atoms with E-state index < -0.39 is 0 Å². The van der Waals surface area contributed by atoms with Crippen LogP contribution in [0.2, 0.25) is 0 Å². The average Bonchev–Trinajstić information content (AvgIpc) is 2.45. The molecule has 0 spiro atoms. The highest BCUT2D eigenvalue weighted by atomic mass is 16.1. The van der Waals surface area contributed by atoms with Crippen molar-refractivity contribution in [2.45, 2.75) is 39.7 Å². The zero-order valence-electron chi connectivity index (χ0n) is 8.29. The quantitative estimate of drug-likeness (QED) is 0.649. The molecule has 0 saturated carbocycles. The summed E-state index contributed by atoms with van der Waals surface area (Å²) in [6.45, 7) is 4.58. The maximum absolute atomic E-state index is 10.6. The fraction of sp³-hybridized carbons (Fsp3) is 0.600. The minimum atomic E-state index is 0.275. The normalized spacial score (nSPS) is 10.3. The first kappa shape index (κ1) is 9.96. The number of aryl methyl sites for hydroxylation is 2. The van der Waals surface area contributed by atoms with Gasteiger partial charge in [0, 0.05) is 19.2 Å². The standard InChI is InChI=1S/C10H16N2O/c1-9-7-11-12(8-9)6-4-3-5-10(2)13/h7-8H,3-6H2,1-2H3. The fourth-order valence-electron chi connectivity index (χ4n) is 1.24. The molecule has 0 radical (unpaired) electrons. The Kier molecular flexibility index (Phi) is 3.68. The van der Waals surface area contributed by atoms with Gasteiger partial charge in [-0.05, 0) is 32.3 Å². The molecule has 1 heterocycles. The van der Waals surface area contributed by atoms with E-state index in [9.17, 15) is 4.79 Å². The summed E-state index contributed by atoms with van der Waals surface area (Å²) >= 11 is 0. The number of carbonyl (C=O) groups excluding carboxylic acids is 1. The smallest absolute Gasteiger partial charge is 0.129 e. The van der Waals surface area contributed by atoms with Gasteiger partial charge in [0.2, 0.25) is 0 Å². The molecule has 0 atom stereocenters. The van der Waals surface area contributed by atoms with Gasteiger partial charge in [-0.15, -0.1) is 0 Å². The number of nitrogens with zero attached hydrogens (tertiary/aromatic N) is 2. The van der Waals surface area contributed by atoms with E-state index in [0.29, 0.717) is 6.42 Å². The Balaban J connectivity index is 2.16. The van der Waals surface area contributed by atoms with Crippen LogP contribution in [0.3, 0.4) is 0 Å². The molecular formula is C10H16N2O. The van der Waals surface area contributed by atoms with E-state index in [2.05, 4.69) is 5.10 Å². The van der Waals surface area contributed by atoms with Gasteiger partial charge < -0.3 is 4.79 Å². The van der Waals surface area contributed by atoms with E-state index in [1.54, 1.807) is 6.92 Å². The lowest BCUT2D eigenvalue weighted by atomic mass is 10.2. The number of ketones is 1. The van der Waals surface area contributed by atoms with E-state index in [-0.39, 0.29) is 5.78 Å². The van der Waals surface area contributed by atoms with Crippen molar-refractivity contribution in [3.63, 3.8) is 0 Å². The number of hydrogen-bond donors (Lipinski definition) is 0. The Labute approximate surface area is 78.8 Å². The Morgan fingerprint density at radius 1 is 1.54 bits per heavy atom. The maximum atomic E-state index is 10.6. The molecule has 1 aromatic heterocycles. The second-order valence-corrected chi connectivity index (χ2v) is 3.44. The molecule has 72 valence electrons.